The summed E-state index contributed by atoms with van der Waals surface area (Å²) < 4.78 is 0.940. The van der Waals surface area contributed by atoms with Crippen LogP contribution in [0.25, 0.3) is 22.5 Å². The van der Waals surface area contributed by atoms with Gasteiger partial charge in [0.25, 0.3) is 0 Å². The maximum Gasteiger partial charge on any atom is 0.178 e. The van der Waals surface area contributed by atoms with Gasteiger partial charge in [0.2, 0.25) is 0 Å². The average Bonchev–Trinajstić information content (AvgIpc) is 3.92. The fourth-order valence-electron chi connectivity index (χ4n) is 5.26. The molecule has 6 heterocycles. The third kappa shape index (κ3) is 8.25. The molecule has 6 aromatic rings. The number of hydrogen-bond donors (Lipinski definition) is 0. The van der Waals surface area contributed by atoms with Crippen LogP contribution in [0.2, 0.25) is 0 Å². The predicted octanol–water partition coefficient (Wildman–Crippen LogP) is 9.34. The molecule has 244 valence electrons. The normalized spacial score (nSPS) is 13.5. The van der Waals surface area contributed by atoms with Crippen LogP contribution in [-0.2, 0) is 6.54 Å². The zero-order chi connectivity index (χ0) is 34.5. The number of benzene rings is 2. The number of aliphatic imine (C=N–C) groups is 2. The lowest BCUT2D eigenvalue weighted by Crippen LogP contribution is -1.99. The van der Waals surface area contributed by atoms with E-state index >= 15 is 0 Å². The molecule has 11 heteroatoms. The zero-order valence-corrected chi connectivity index (χ0v) is 30.4. The molecule has 0 saturated carbocycles. The van der Waals surface area contributed by atoms with Crippen LogP contribution in [0.1, 0.15) is 78.8 Å². The summed E-state index contributed by atoms with van der Waals surface area (Å²) in [6.07, 6.45) is 3.79. The van der Waals surface area contributed by atoms with Gasteiger partial charge in [-0.25, -0.2) is 19.9 Å². The monoisotopic (exact) mass is 746 g/mol. The number of fused-ring (bicyclic) bond motifs is 2. The lowest BCUT2D eigenvalue weighted by Gasteiger charge is -2.10. The second-order valence-corrected chi connectivity index (χ2v) is 14.3. The van der Waals surface area contributed by atoms with E-state index in [1.807, 2.05) is 74.1 Å². The number of halogens is 1. The van der Waals surface area contributed by atoms with E-state index in [2.05, 4.69) is 69.4 Å². The van der Waals surface area contributed by atoms with Gasteiger partial charge in [-0.05, 0) is 88.4 Å². The Kier molecular flexibility index (Phi) is 10.5. The van der Waals surface area contributed by atoms with E-state index in [1.54, 1.807) is 34.8 Å². The Morgan fingerprint density at radius 3 is 1.88 bits per heavy atom. The van der Waals surface area contributed by atoms with E-state index in [9.17, 15) is 9.59 Å². The van der Waals surface area contributed by atoms with Gasteiger partial charge in [0.1, 0.15) is 22.0 Å². The molecule has 0 spiro atoms. The number of aryl methyl sites for hydroxylation is 2. The molecule has 1 unspecified atom stereocenters. The maximum atomic E-state index is 11.6. The number of ketones is 2. The van der Waals surface area contributed by atoms with Crippen LogP contribution >= 0.6 is 38.6 Å². The lowest BCUT2D eigenvalue weighted by atomic mass is 9.98. The first kappa shape index (κ1) is 34.0. The summed E-state index contributed by atoms with van der Waals surface area (Å²) in [5.74, 6) is -0.0430. The van der Waals surface area contributed by atoms with Crippen LogP contribution in [0.15, 0.2) is 98.1 Å². The fourth-order valence-corrected chi connectivity index (χ4v) is 7.02. The number of carbonyl (C=O) groups excluding carboxylic acids is 2. The Morgan fingerprint density at radius 1 is 0.714 bits per heavy atom. The van der Waals surface area contributed by atoms with Gasteiger partial charge in [-0.15, -0.1) is 22.7 Å². The Bertz CT molecular complexity index is 2220. The highest BCUT2D eigenvalue weighted by molar-refractivity contribution is 9.10. The van der Waals surface area contributed by atoms with Gasteiger partial charge < -0.3 is 0 Å². The van der Waals surface area contributed by atoms with Gasteiger partial charge >= 0.3 is 0 Å². The van der Waals surface area contributed by atoms with Crippen LogP contribution in [0.3, 0.4) is 0 Å². The minimum Gasteiger partial charge on any atom is -0.293 e. The van der Waals surface area contributed by atoms with E-state index in [1.165, 1.54) is 25.0 Å². The number of aromatic nitrogens is 4. The summed E-state index contributed by atoms with van der Waals surface area (Å²) >= 11 is 6.51. The summed E-state index contributed by atoms with van der Waals surface area (Å²) in [5.41, 5.74) is 10.2. The van der Waals surface area contributed by atoms with Crippen molar-refractivity contribution in [1.29, 1.82) is 0 Å². The number of thiazole rings is 2. The van der Waals surface area contributed by atoms with Gasteiger partial charge in [-0.3, -0.25) is 19.6 Å². The number of nitrogens with zero attached hydrogens (tertiary/aromatic N) is 6. The molecule has 0 aliphatic carbocycles. The van der Waals surface area contributed by atoms with Crippen LogP contribution in [0.4, 0.5) is 0 Å². The topological polar surface area (TPSA) is 110 Å². The van der Waals surface area contributed by atoms with E-state index in [-0.39, 0.29) is 17.6 Å². The van der Waals surface area contributed by atoms with Crippen molar-refractivity contribution in [3.63, 3.8) is 0 Å². The van der Waals surface area contributed by atoms with E-state index in [4.69, 9.17) is 0 Å². The standard InChI is InChI=1S/C19H15N3OS.C15H12N2O.C4H4BrNS/c1-11(23)16-4-3-5-17(22-16)13-6-7-14-9-20-19(15(14)8-13)18-10-24-12(2)21-18;1-10(18)14-3-2-4-15(17-14)11-5-6-12-8-16-9-13(12)7-11;1-3-6-4(5)2-7-3/h3-10,19H,1-2H3;2-8H,9H2,1H3;2H,1H3. The fraction of sp³-hybridized carbons (Fsp3) is 0.158. The van der Waals surface area contributed by atoms with Gasteiger partial charge in [0.05, 0.1) is 33.6 Å². The molecule has 2 aliphatic rings. The molecule has 0 saturated heterocycles. The summed E-state index contributed by atoms with van der Waals surface area (Å²) in [4.78, 5) is 49.2. The third-order valence-corrected chi connectivity index (χ3v) is 9.97. The van der Waals surface area contributed by atoms with Gasteiger partial charge in [0.15, 0.2) is 11.6 Å². The molecule has 49 heavy (non-hydrogen) atoms. The highest BCUT2D eigenvalue weighted by Gasteiger charge is 2.23. The minimum absolute atomic E-state index is 0.0126. The molecule has 8 nitrogen and oxygen atoms in total. The molecular weight excluding hydrogens is 716 g/mol. The van der Waals surface area contributed by atoms with Gasteiger partial charge in [-0.2, -0.15) is 0 Å². The number of hydrogen-bond acceptors (Lipinski definition) is 10. The van der Waals surface area contributed by atoms with E-state index < -0.39 is 0 Å². The SMILES string of the molecule is CC(=O)c1cccc(-c2ccc3c(c2)C(c2csc(C)n2)N=C3)n1.CC(=O)c1cccc(-c2ccc3c(c2)CN=C3)n1.Cc1nc(Br)cs1. The van der Waals surface area contributed by atoms with Crippen molar-refractivity contribution in [1.82, 2.24) is 19.9 Å². The number of carbonyl (C=O) groups is 2. The predicted molar refractivity (Wildman–Crippen MR) is 201 cm³/mol. The average molecular weight is 748 g/mol. The van der Waals surface area contributed by atoms with Crippen molar-refractivity contribution < 1.29 is 9.59 Å². The van der Waals surface area contributed by atoms with Gasteiger partial charge in [0, 0.05) is 48.2 Å². The first-order valence-corrected chi connectivity index (χ1v) is 18.0. The van der Waals surface area contributed by atoms with E-state index in [0.717, 1.165) is 60.5 Å². The third-order valence-electron chi connectivity index (χ3n) is 7.70. The zero-order valence-electron chi connectivity index (χ0n) is 27.2. The first-order chi connectivity index (χ1) is 23.6. The Balaban J connectivity index is 0.000000146. The van der Waals surface area contributed by atoms with Crippen molar-refractivity contribution in [2.75, 3.05) is 0 Å². The summed E-state index contributed by atoms with van der Waals surface area (Å²) in [6.45, 7) is 7.78. The Morgan fingerprint density at radius 2 is 1.33 bits per heavy atom. The largest absolute Gasteiger partial charge is 0.293 e. The molecule has 2 aromatic carbocycles. The van der Waals surface area contributed by atoms with Crippen LogP contribution in [0.5, 0.6) is 0 Å². The van der Waals surface area contributed by atoms with Crippen molar-refractivity contribution in [3.8, 4) is 22.5 Å². The van der Waals surface area contributed by atoms with E-state index in [0.29, 0.717) is 11.4 Å². The number of Topliss-reactive ketones (excluding diaryl/α,β-unsaturated/α-hetero) is 2. The molecular formula is C38H31BrN6O2S2. The lowest BCUT2D eigenvalue weighted by molar-refractivity contribution is 0.100. The maximum absolute atomic E-state index is 11.6. The molecule has 0 N–H and O–H groups in total. The van der Waals surface area contributed by atoms with Crippen LogP contribution < -0.4 is 0 Å². The smallest absolute Gasteiger partial charge is 0.178 e. The number of pyridine rings is 2. The Hall–Kier alpha value is -4.84. The van der Waals surface area contributed by atoms with Crippen LogP contribution in [-0.4, -0.2) is 43.9 Å². The van der Waals surface area contributed by atoms with Crippen LogP contribution in [0, 0.1) is 13.8 Å². The summed E-state index contributed by atoms with van der Waals surface area (Å²) in [5, 5.41) is 6.18. The molecule has 8 rings (SSSR count). The molecule has 4 aromatic heterocycles. The minimum atomic E-state index is -0.0547. The summed E-state index contributed by atoms with van der Waals surface area (Å²) in [6, 6.07) is 23.3. The molecule has 0 amide bonds. The highest BCUT2D eigenvalue weighted by atomic mass is 79.9. The molecule has 0 radical (unpaired) electrons. The van der Waals surface area contributed by atoms with Crippen molar-refractivity contribution in [2.45, 2.75) is 40.3 Å². The highest BCUT2D eigenvalue weighted by Crippen LogP contribution is 2.35. The summed E-state index contributed by atoms with van der Waals surface area (Å²) in [7, 11) is 0. The Labute approximate surface area is 301 Å². The quantitative estimate of drug-likeness (QED) is 0.163. The molecule has 0 bridgehead atoms. The molecule has 1 atom stereocenters. The molecule has 0 fully saturated rings. The van der Waals surface area contributed by atoms with Gasteiger partial charge in [-0.1, -0.05) is 36.4 Å². The second-order valence-electron chi connectivity index (χ2n) is 11.3. The first-order valence-electron chi connectivity index (χ1n) is 15.4. The van der Waals surface area contributed by atoms with Crippen molar-refractivity contribution >= 4 is 62.6 Å². The number of rotatable bonds is 5. The second kappa shape index (κ2) is 15.1. The van der Waals surface area contributed by atoms with Crippen molar-refractivity contribution in [2.24, 2.45) is 9.98 Å². The van der Waals surface area contributed by atoms with Crippen molar-refractivity contribution in [3.05, 3.63) is 138 Å². The molecule has 2 aliphatic heterocycles.